The first-order chi connectivity index (χ1) is 7.64. The van der Waals surface area contributed by atoms with Gasteiger partial charge in [0.05, 0.1) is 0 Å². The predicted molar refractivity (Wildman–Crippen MR) is 60.7 cm³/mol. The van der Waals surface area contributed by atoms with Crippen molar-refractivity contribution in [1.29, 1.82) is 0 Å². The third kappa shape index (κ3) is 3.39. The van der Waals surface area contributed by atoms with Gasteiger partial charge in [-0.05, 0) is 11.5 Å². The zero-order valence-corrected chi connectivity index (χ0v) is 10.6. The average Bonchev–Trinajstić information content (AvgIpc) is 2.15. The number of hydrogen-bond donors (Lipinski definition) is 0. The Bertz CT molecular complexity index is 490. The smallest absolute Gasteiger partial charge is 0.372 e. The minimum Gasteiger partial charge on any atom is -0.378 e. The Labute approximate surface area is 99.5 Å². The first-order valence-electron chi connectivity index (χ1n) is 4.95. The SMILES string of the molecule is CC(C)(C)c1ccccc1OS(=O)(=O)C(F)F. The van der Waals surface area contributed by atoms with Crippen LogP contribution in [0, 0.1) is 0 Å². The lowest BCUT2D eigenvalue weighted by Crippen LogP contribution is -2.21. The molecule has 0 aliphatic heterocycles. The Balaban J connectivity index is 3.17. The summed E-state index contributed by atoms with van der Waals surface area (Å²) in [6.45, 7) is 5.51. The zero-order valence-electron chi connectivity index (χ0n) is 9.78. The summed E-state index contributed by atoms with van der Waals surface area (Å²) in [5.41, 5.74) is 0.165. The number of hydrogen-bond acceptors (Lipinski definition) is 3. The van der Waals surface area contributed by atoms with Gasteiger partial charge in [0.25, 0.3) is 0 Å². The Morgan fingerprint density at radius 1 is 1.18 bits per heavy atom. The lowest BCUT2D eigenvalue weighted by molar-refractivity contribution is 0.219. The molecule has 0 N–H and O–H groups in total. The number of benzene rings is 1. The van der Waals surface area contributed by atoms with Crippen LogP contribution in [0.1, 0.15) is 26.3 Å². The molecule has 0 bridgehead atoms. The molecule has 1 aromatic carbocycles. The van der Waals surface area contributed by atoms with Crippen LogP contribution in [-0.4, -0.2) is 14.2 Å². The highest BCUT2D eigenvalue weighted by Gasteiger charge is 2.29. The highest BCUT2D eigenvalue weighted by atomic mass is 32.2. The van der Waals surface area contributed by atoms with Crippen molar-refractivity contribution in [3.05, 3.63) is 29.8 Å². The molecule has 0 spiro atoms. The molecule has 0 aliphatic carbocycles. The number of rotatable bonds is 3. The van der Waals surface area contributed by atoms with Gasteiger partial charge in [-0.1, -0.05) is 39.0 Å². The van der Waals surface area contributed by atoms with Gasteiger partial charge in [0, 0.05) is 5.56 Å². The van der Waals surface area contributed by atoms with E-state index in [1.807, 2.05) is 20.8 Å². The Kier molecular flexibility index (Phi) is 3.76. The molecule has 1 aromatic rings. The van der Waals surface area contributed by atoms with Crippen LogP contribution >= 0.6 is 0 Å². The van der Waals surface area contributed by atoms with Gasteiger partial charge in [-0.2, -0.15) is 17.2 Å². The van der Waals surface area contributed by atoms with E-state index in [-0.39, 0.29) is 5.75 Å². The van der Waals surface area contributed by atoms with Gasteiger partial charge in [0.2, 0.25) is 0 Å². The van der Waals surface area contributed by atoms with Crippen LogP contribution in [0.3, 0.4) is 0 Å². The van der Waals surface area contributed by atoms with Crippen LogP contribution in [0.2, 0.25) is 0 Å². The van der Waals surface area contributed by atoms with Gasteiger partial charge in [-0.25, -0.2) is 0 Å². The number of alkyl halides is 2. The summed E-state index contributed by atoms with van der Waals surface area (Å²) >= 11 is 0. The fourth-order valence-corrected chi connectivity index (χ4v) is 1.79. The molecule has 0 heterocycles. The van der Waals surface area contributed by atoms with Gasteiger partial charge in [-0.3, -0.25) is 0 Å². The molecule has 0 radical (unpaired) electrons. The Morgan fingerprint density at radius 2 is 1.71 bits per heavy atom. The largest absolute Gasteiger partial charge is 0.378 e. The van der Waals surface area contributed by atoms with Gasteiger partial charge in [0.1, 0.15) is 5.75 Å². The van der Waals surface area contributed by atoms with E-state index in [0.717, 1.165) is 0 Å². The van der Waals surface area contributed by atoms with Crippen molar-refractivity contribution in [2.24, 2.45) is 0 Å². The van der Waals surface area contributed by atoms with Crippen LogP contribution in [0.15, 0.2) is 24.3 Å². The van der Waals surface area contributed by atoms with E-state index in [1.54, 1.807) is 12.1 Å². The number of halogens is 2. The van der Waals surface area contributed by atoms with Gasteiger partial charge in [0.15, 0.2) is 0 Å². The summed E-state index contributed by atoms with van der Waals surface area (Å²) < 4.78 is 50.9. The highest BCUT2D eigenvalue weighted by molar-refractivity contribution is 7.87. The molecule has 0 aromatic heterocycles. The van der Waals surface area contributed by atoms with E-state index < -0.39 is 21.3 Å². The van der Waals surface area contributed by atoms with Gasteiger partial charge < -0.3 is 4.18 Å². The Hall–Kier alpha value is -1.17. The quantitative estimate of drug-likeness (QED) is 0.788. The van der Waals surface area contributed by atoms with Crippen molar-refractivity contribution in [1.82, 2.24) is 0 Å². The molecule has 6 heteroatoms. The summed E-state index contributed by atoms with van der Waals surface area (Å²) in [4.78, 5) is 0. The van der Waals surface area contributed by atoms with Gasteiger partial charge in [-0.15, -0.1) is 0 Å². The minimum atomic E-state index is -4.87. The summed E-state index contributed by atoms with van der Waals surface area (Å²) in [6, 6.07) is 6.24. The van der Waals surface area contributed by atoms with Crippen LogP contribution < -0.4 is 4.18 Å². The first-order valence-corrected chi connectivity index (χ1v) is 6.43. The average molecular weight is 264 g/mol. The molecule has 0 atom stereocenters. The van der Waals surface area contributed by atoms with E-state index in [1.165, 1.54) is 12.1 Å². The second kappa shape index (κ2) is 4.60. The molecule has 0 aliphatic rings. The summed E-state index contributed by atoms with van der Waals surface area (Å²) in [6.07, 6.45) is 0. The highest BCUT2D eigenvalue weighted by Crippen LogP contribution is 2.32. The van der Waals surface area contributed by atoms with Crippen molar-refractivity contribution in [3.63, 3.8) is 0 Å². The monoisotopic (exact) mass is 264 g/mol. The fraction of sp³-hybridized carbons (Fsp3) is 0.455. The van der Waals surface area contributed by atoms with Crippen LogP contribution in [0.4, 0.5) is 8.78 Å². The molecule has 96 valence electrons. The molecular weight excluding hydrogens is 250 g/mol. The van der Waals surface area contributed by atoms with E-state index in [4.69, 9.17) is 0 Å². The molecule has 17 heavy (non-hydrogen) atoms. The second-order valence-electron chi connectivity index (χ2n) is 4.58. The van der Waals surface area contributed by atoms with Crippen LogP contribution in [0.5, 0.6) is 5.75 Å². The summed E-state index contributed by atoms with van der Waals surface area (Å²) in [5.74, 6) is -3.60. The molecular formula is C11H14F2O3S. The molecule has 0 amide bonds. The zero-order chi connectivity index (χ0) is 13.3. The van der Waals surface area contributed by atoms with E-state index in [9.17, 15) is 17.2 Å². The van der Waals surface area contributed by atoms with Crippen molar-refractivity contribution in [2.75, 3.05) is 0 Å². The topological polar surface area (TPSA) is 43.4 Å². The van der Waals surface area contributed by atoms with Crippen molar-refractivity contribution in [3.8, 4) is 5.75 Å². The van der Waals surface area contributed by atoms with Crippen molar-refractivity contribution in [2.45, 2.75) is 31.9 Å². The molecule has 0 unspecified atom stereocenters. The maximum absolute atomic E-state index is 12.2. The molecule has 0 fully saturated rings. The maximum Gasteiger partial charge on any atom is 0.372 e. The predicted octanol–water partition coefficient (Wildman–Crippen LogP) is 2.92. The molecule has 1 rings (SSSR count). The third-order valence-electron chi connectivity index (χ3n) is 2.12. The summed E-state index contributed by atoms with van der Waals surface area (Å²) in [7, 11) is -4.87. The van der Waals surface area contributed by atoms with Crippen molar-refractivity contribution >= 4 is 10.1 Å². The lowest BCUT2D eigenvalue weighted by Gasteiger charge is -2.22. The minimum absolute atomic E-state index is 0.0553. The normalized spacial score (nSPS) is 12.8. The molecule has 3 nitrogen and oxygen atoms in total. The molecule has 0 saturated carbocycles. The van der Waals surface area contributed by atoms with E-state index in [2.05, 4.69) is 4.18 Å². The third-order valence-corrected chi connectivity index (χ3v) is 2.97. The summed E-state index contributed by atoms with van der Waals surface area (Å²) in [5, 5.41) is 0. The second-order valence-corrected chi connectivity index (χ2v) is 6.09. The fourth-order valence-electron chi connectivity index (χ4n) is 1.32. The number of para-hydroxylation sites is 1. The van der Waals surface area contributed by atoms with E-state index in [0.29, 0.717) is 5.56 Å². The van der Waals surface area contributed by atoms with E-state index >= 15 is 0 Å². The van der Waals surface area contributed by atoms with Crippen molar-refractivity contribution < 1.29 is 21.4 Å². The standard InChI is InChI=1S/C11H14F2O3S/c1-11(2,3)8-6-4-5-7-9(8)16-17(14,15)10(12)13/h4-7,10H,1-3H3. The molecule has 0 saturated heterocycles. The first kappa shape index (κ1) is 13.9. The Morgan fingerprint density at radius 3 is 2.18 bits per heavy atom. The lowest BCUT2D eigenvalue weighted by atomic mass is 9.86. The van der Waals surface area contributed by atoms with Crippen LogP contribution in [-0.2, 0) is 15.5 Å². The van der Waals surface area contributed by atoms with Crippen LogP contribution in [0.25, 0.3) is 0 Å². The maximum atomic E-state index is 12.2. The van der Waals surface area contributed by atoms with Gasteiger partial charge >= 0.3 is 15.9 Å².